The third-order valence-corrected chi connectivity index (χ3v) is 2.75. The summed E-state index contributed by atoms with van der Waals surface area (Å²) in [5, 5.41) is 0.651. The normalized spacial score (nSPS) is 15.7. The molecule has 1 aromatic heterocycles. The number of aromatic nitrogens is 2. The zero-order chi connectivity index (χ0) is 10.4. The molecule has 0 saturated heterocycles. The van der Waals surface area contributed by atoms with Crippen molar-refractivity contribution in [3.8, 4) is 0 Å². The van der Waals surface area contributed by atoms with Gasteiger partial charge in [-0.3, -0.25) is 9.36 Å². The summed E-state index contributed by atoms with van der Waals surface area (Å²) < 4.78 is 1.61. The van der Waals surface area contributed by atoms with Gasteiger partial charge in [0.25, 0.3) is 5.56 Å². The Morgan fingerprint density at radius 1 is 1.33 bits per heavy atom. The molecule has 0 atom stereocenters. The minimum absolute atomic E-state index is 0.0133. The summed E-state index contributed by atoms with van der Waals surface area (Å²) in [7, 11) is 0. The second-order valence-corrected chi connectivity index (χ2v) is 3.89. The lowest BCUT2D eigenvalue weighted by molar-refractivity contribution is 0.712. The quantitative estimate of drug-likeness (QED) is 0.756. The van der Waals surface area contributed by atoms with Crippen LogP contribution in [0.2, 0.25) is 0 Å². The molecule has 0 amide bonds. The monoisotopic (exact) mass is 201 g/mol. The van der Waals surface area contributed by atoms with E-state index in [9.17, 15) is 4.79 Å². The third-order valence-electron chi connectivity index (χ3n) is 2.75. The fraction of sp³-hybridized carbons (Fsp3) is 0.273. The van der Waals surface area contributed by atoms with Crippen LogP contribution in [-0.2, 0) is 0 Å². The number of para-hydroxylation sites is 1. The maximum absolute atomic E-state index is 12.1. The Balaban J connectivity index is 2.41. The number of benzene rings is 1. The Labute approximate surface area is 86.4 Å². The topological polar surface area (TPSA) is 60.9 Å². The van der Waals surface area contributed by atoms with Gasteiger partial charge in [0, 0.05) is 6.04 Å². The Hall–Kier alpha value is -1.84. The molecule has 1 aromatic carbocycles. The van der Waals surface area contributed by atoms with Crippen molar-refractivity contribution in [3.63, 3.8) is 0 Å². The molecule has 1 aliphatic rings. The van der Waals surface area contributed by atoms with E-state index in [1.807, 2.05) is 18.2 Å². The molecule has 76 valence electrons. The van der Waals surface area contributed by atoms with Crippen LogP contribution in [0.1, 0.15) is 18.9 Å². The number of nitrogen functional groups attached to an aromatic ring is 1. The Morgan fingerprint density at radius 3 is 2.80 bits per heavy atom. The van der Waals surface area contributed by atoms with Crippen LogP contribution in [0.4, 0.5) is 5.95 Å². The molecule has 0 aliphatic heterocycles. The van der Waals surface area contributed by atoms with Gasteiger partial charge in [-0.05, 0) is 25.0 Å². The number of hydrogen-bond acceptors (Lipinski definition) is 3. The SMILES string of the molecule is Nc1nc2ccccc2c(=O)n1C1CC1. The Bertz CT molecular complexity index is 584. The average molecular weight is 201 g/mol. The van der Waals surface area contributed by atoms with Crippen LogP contribution in [0.15, 0.2) is 29.1 Å². The molecule has 1 aliphatic carbocycles. The van der Waals surface area contributed by atoms with Crippen molar-refractivity contribution in [3.05, 3.63) is 34.6 Å². The molecule has 1 fully saturated rings. The molecule has 3 rings (SSSR count). The lowest BCUT2D eigenvalue weighted by Gasteiger charge is -2.08. The van der Waals surface area contributed by atoms with E-state index in [-0.39, 0.29) is 11.6 Å². The summed E-state index contributed by atoms with van der Waals surface area (Å²) in [5.41, 5.74) is 6.44. The molecule has 0 unspecified atom stereocenters. The van der Waals surface area contributed by atoms with Crippen molar-refractivity contribution in [1.29, 1.82) is 0 Å². The zero-order valence-electron chi connectivity index (χ0n) is 8.18. The van der Waals surface area contributed by atoms with Gasteiger partial charge in [-0.25, -0.2) is 4.98 Å². The summed E-state index contributed by atoms with van der Waals surface area (Å²) >= 11 is 0. The predicted octanol–water partition coefficient (Wildman–Crippen LogP) is 1.31. The number of anilines is 1. The highest BCUT2D eigenvalue weighted by Crippen LogP contribution is 2.35. The molecular weight excluding hydrogens is 190 g/mol. The molecule has 1 saturated carbocycles. The first kappa shape index (κ1) is 8.47. The zero-order valence-corrected chi connectivity index (χ0v) is 8.18. The van der Waals surface area contributed by atoms with E-state index >= 15 is 0 Å². The second-order valence-electron chi connectivity index (χ2n) is 3.89. The van der Waals surface area contributed by atoms with Crippen molar-refractivity contribution in [1.82, 2.24) is 9.55 Å². The summed E-state index contributed by atoms with van der Waals surface area (Å²) in [6, 6.07) is 7.58. The first-order valence-electron chi connectivity index (χ1n) is 5.04. The van der Waals surface area contributed by atoms with Gasteiger partial charge < -0.3 is 5.73 Å². The highest BCUT2D eigenvalue weighted by Gasteiger charge is 2.27. The highest BCUT2D eigenvalue weighted by atomic mass is 16.1. The molecule has 4 nitrogen and oxygen atoms in total. The lowest BCUT2D eigenvalue weighted by atomic mass is 10.2. The molecule has 2 aromatic rings. The average Bonchev–Trinajstić information content (AvgIpc) is 3.02. The summed E-state index contributed by atoms with van der Waals surface area (Å²) in [6.07, 6.45) is 2.06. The van der Waals surface area contributed by atoms with Gasteiger partial charge in [-0.1, -0.05) is 12.1 Å². The van der Waals surface area contributed by atoms with E-state index < -0.39 is 0 Å². The maximum Gasteiger partial charge on any atom is 0.263 e. The van der Waals surface area contributed by atoms with Crippen molar-refractivity contribution in [2.45, 2.75) is 18.9 Å². The molecule has 0 radical (unpaired) electrons. The first-order valence-corrected chi connectivity index (χ1v) is 5.04. The smallest absolute Gasteiger partial charge is 0.263 e. The molecule has 0 spiro atoms. The summed E-state index contributed by atoms with van der Waals surface area (Å²) in [4.78, 5) is 16.3. The Kier molecular flexibility index (Phi) is 1.59. The maximum atomic E-state index is 12.1. The van der Waals surface area contributed by atoms with Crippen LogP contribution in [0.25, 0.3) is 10.9 Å². The van der Waals surface area contributed by atoms with Crippen LogP contribution in [0.5, 0.6) is 0 Å². The molecule has 0 bridgehead atoms. The van der Waals surface area contributed by atoms with Gasteiger partial charge in [0.1, 0.15) is 0 Å². The minimum atomic E-state index is -0.0133. The molecule has 1 heterocycles. The van der Waals surface area contributed by atoms with E-state index in [1.165, 1.54) is 0 Å². The summed E-state index contributed by atoms with van der Waals surface area (Å²) in [5.74, 6) is 0.334. The van der Waals surface area contributed by atoms with Crippen molar-refractivity contribution >= 4 is 16.9 Å². The van der Waals surface area contributed by atoms with E-state index in [1.54, 1.807) is 10.6 Å². The van der Waals surface area contributed by atoms with E-state index in [0.717, 1.165) is 12.8 Å². The van der Waals surface area contributed by atoms with Crippen molar-refractivity contribution in [2.75, 3.05) is 5.73 Å². The minimum Gasteiger partial charge on any atom is -0.369 e. The number of nitrogens with zero attached hydrogens (tertiary/aromatic N) is 2. The van der Waals surface area contributed by atoms with Gasteiger partial charge in [0.2, 0.25) is 5.95 Å². The fourth-order valence-corrected chi connectivity index (χ4v) is 1.85. The number of rotatable bonds is 1. The lowest BCUT2D eigenvalue weighted by Crippen LogP contribution is -2.23. The fourth-order valence-electron chi connectivity index (χ4n) is 1.85. The predicted molar refractivity (Wildman–Crippen MR) is 58.7 cm³/mol. The van der Waals surface area contributed by atoms with E-state index in [2.05, 4.69) is 4.98 Å². The molecule has 2 N–H and O–H groups in total. The van der Waals surface area contributed by atoms with Crippen LogP contribution in [-0.4, -0.2) is 9.55 Å². The Morgan fingerprint density at radius 2 is 2.07 bits per heavy atom. The molecular formula is C11H11N3O. The number of nitrogens with two attached hydrogens (primary N) is 1. The van der Waals surface area contributed by atoms with Gasteiger partial charge >= 0.3 is 0 Å². The van der Waals surface area contributed by atoms with Crippen molar-refractivity contribution in [2.24, 2.45) is 0 Å². The summed E-state index contributed by atoms with van der Waals surface area (Å²) in [6.45, 7) is 0. The van der Waals surface area contributed by atoms with E-state index in [0.29, 0.717) is 16.9 Å². The molecule has 15 heavy (non-hydrogen) atoms. The first-order chi connectivity index (χ1) is 7.27. The van der Waals surface area contributed by atoms with Crippen LogP contribution >= 0.6 is 0 Å². The second kappa shape index (κ2) is 2.82. The van der Waals surface area contributed by atoms with Crippen molar-refractivity contribution < 1.29 is 0 Å². The number of hydrogen-bond donors (Lipinski definition) is 1. The van der Waals surface area contributed by atoms with E-state index in [4.69, 9.17) is 5.73 Å². The van der Waals surface area contributed by atoms with Gasteiger partial charge in [0.15, 0.2) is 0 Å². The largest absolute Gasteiger partial charge is 0.369 e. The van der Waals surface area contributed by atoms with Gasteiger partial charge in [-0.15, -0.1) is 0 Å². The van der Waals surface area contributed by atoms with Gasteiger partial charge in [-0.2, -0.15) is 0 Å². The number of fused-ring (bicyclic) bond motifs is 1. The third kappa shape index (κ3) is 1.21. The van der Waals surface area contributed by atoms with Gasteiger partial charge in [0.05, 0.1) is 10.9 Å². The molecule has 4 heteroatoms. The van der Waals surface area contributed by atoms with Crippen LogP contribution in [0, 0.1) is 0 Å². The highest BCUT2D eigenvalue weighted by molar-refractivity contribution is 5.78. The van der Waals surface area contributed by atoms with Crippen LogP contribution < -0.4 is 11.3 Å². The standard InChI is InChI=1S/C11H11N3O/c12-11-13-9-4-2-1-3-8(9)10(15)14(11)7-5-6-7/h1-4,7H,5-6H2,(H2,12,13). The van der Waals surface area contributed by atoms with Crippen LogP contribution in [0.3, 0.4) is 0 Å².